The first-order valence-corrected chi connectivity index (χ1v) is 8.34. The summed E-state index contributed by atoms with van der Waals surface area (Å²) in [4.78, 5) is 15.3. The van der Waals surface area contributed by atoms with E-state index in [1.165, 1.54) is 5.56 Å². The number of anilines is 2. The topological polar surface area (TPSA) is 85.2 Å². The minimum Gasteiger partial charge on any atom is -0.382 e. The molecule has 26 heavy (non-hydrogen) atoms. The van der Waals surface area contributed by atoms with Gasteiger partial charge in [0.2, 0.25) is 0 Å². The Hall–Kier alpha value is -3.48. The van der Waals surface area contributed by atoms with Crippen molar-refractivity contribution < 1.29 is 2.85 Å². The fourth-order valence-corrected chi connectivity index (χ4v) is 2.98. The molecule has 0 aliphatic rings. The average molecular weight is 349 g/mol. The second-order valence-corrected chi connectivity index (χ2v) is 6.11. The zero-order chi connectivity index (χ0) is 18.1. The summed E-state index contributed by atoms with van der Waals surface area (Å²) in [6.07, 6.45) is 5.07. The monoisotopic (exact) mass is 349 g/mol. The molecular formula is C19H23N7. The average Bonchev–Trinajstić information content (AvgIpc) is 3.03. The van der Waals surface area contributed by atoms with Gasteiger partial charge in [-0.3, -0.25) is 0 Å². The summed E-state index contributed by atoms with van der Waals surface area (Å²) >= 11 is 0. The number of benzene rings is 1. The standard InChI is InChI=1S/C19H19N7.2H2/c1-13(14-7-4-3-5-8-14)25(2)16-11-15(22-12-23-16)17-18(20)24-26-10-6-9-21-19(17)26;;/h3-13H,1-2H3,(H2,20,24);2*1H/t13-;;/m0../s1. The Morgan fingerprint density at radius 2 is 1.92 bits per heavy atom. The normalized spacial score (nSPS) is 12.2. The van der Waals surface area contributed by atoms with Crippen LogP contribution in [0.5, 0.6) is 0 Å². The summed E-state index contributed by atoms with van der Waals surface area (Å²) in [5.41, 5.74) is 9.43. The van der Waals surface area contributed by atoms with Crippen molar-refractivity contribution in [1.82, 2.24) is 24.6 Å². The second-order valence-electron chi connectivity index (χ2n) is 6.11. The molecule has 1 aromatic carbocycles. The molecule has 3 heterocycles. The van der Waals surface area contributed by atoms with E-state index in [-0.39, 0.29) is 8.90 Å². The highest BCUT2D eigenvalue weighted by Gasteiger charge is 2.18. The highest BCUT2D eigenvalue weighted by Crippen LogP contribution is 2.30. The molecule has 0 amide bonds. The van der Waals surface area contributed by atoms with Gasteiger partial charge >= 0.3 is 0 Å². The summed E-state index contributed by atoms with van der Waals surface area (Å²) in [5, 5.41) is 4.30. The molecule has 0 unspecified atom stereocenters. The van der Waals surface area contributed by atoms with Crippen molar-refractivity contribution in [1.29, 1.82) is 0 Å². The van der Waals surface area contributed by atoms with Crippen molar-refractivity contribution in [3.63, 3.8) is 0 Å². The Kier molecular flexibility index (Phi) is 3.96. The lowest BCUT2D eigenvalue weighted by Gasteiger charge is -2.26. The maximum Gasteiger partial charge on any atom is 0.166 e. The molecule has 2 N–H and O–H groups in total. The Morgan fingerprint density at radius 1 is 1.12 bits per heavy atom. The smallest absolute Gasteiger partial charge is 0.166 e. The molecule has 0 saturated carbocycles. The van der Waals surface area contributed by atoms with Crippen LogP contribution in [0.25, 0.3) is 16.9 Å². The van der Waals surface area contributed by atoms with Gasteiger partial charge in [-0.25, -0.2) is 19.5 Å². The van der Waals surface area contributed by atoms with Crippen LogP contribution < -0.4 is 10.6 Å². The molecule has 0 radical (unpaired) electrons. The number of rotatable bonds is 4. The third-order valence-electron chi connectivity index (χ3n) is 4.56. The van der Waals surface area contributed by atoms with E-state index >= 15 is 0 Å². The molecular weight excluding hydrogens is 326 g/mol. The third kappa shape index (κ3) is 2.73. The highest BCUT2D eigenvalue weighted by molar-refractivity contribution is 5.84. The number of fused-ring (bicyclic) bond motifs is 1. The van der Waals surface area contributed by atoms with Crippen LogP contribution in [0.3, 0.4) is 0 Å². The lowest BCUT2D eigenvalue weighted by molar-refractivity contribution is 0.727. The Bertz CT molecular complexity index is 1050. The van der Waals surface area contributed by atoms with Crippen molar-refractivity contribution in [3.8, 4) is 11.3 Å². The van der Waals surface area contributed by atoms with Gasteiger partial charge in [0.15, 0.2) is 11.5 Å². The molecule has 7 nitrogen and oxygen atoms in total. The van der Waals surface area contributed by atoms with Crippen LogP contribution in [0.1, 0.15) is 21.4 Å². The molecule has 0 saturated heterocycles. The van der Waals surface area contributed by atoms with Crippen molar-refractivity contribution in [3.05, 3.63) is 66.7 Å². The third-order valence-corrected chi connectivity index (χ3v) is 4.56. The van der Waals surface area contributed by atoms with Gasteiger partial charge < -0.3 is 10.6 Å². The van der Waals surface area contributed by atoms with Crippen LogP contribution in [-0.2, 0) is 0 Å². The molecule has 4 aromatic rings. The quantitative estimate of drug-likeness (QED) is 0.607. The molecule has 3 aromatic heterocycles. The van der Waals surface area contributed by atoms with Gasteiger partial charge in [0.05, 0.1) is 17.3 Å². The SMILES string of the molecule is C[C@@H](c1ccccc1)N(C)c1cc(-c2c(N)nn3cccnc23)ncn1.[HH].[HH]. The van der Waals surface area contributed by atoms with Crippen molar-refractivity contribution >= 4 is 17.3 Å². The van der Waals surface area contributed by atoms with E-state index in [1.54, 1.807) is 17.0 Å². The van der Waals surface area contributed by atoms with Crippen LogP contribution in [0.2, 0.25) is 0 Å². The molecule has 0 aliphatic heterocycles. The lowest BCUT2D eigenvalue weighted by Crippen LogP contribution is -2.22. The molecule has 0 aliphatic carbocycles. The molecule has 4 rings (SSSR count). The van der Waals surface area contributed by atoms with E-state index in [9.17, 15) is 0 Å². The van der Waals surface area contributed by atoms with Crippen LogP contribution in [0.15, 0.2) is 61.2 Å². The molecule has 7 heteroatoms. The fraction of sp³-hybridized carbons (Fsp3) is 0.158. The number of hydrogen-bond acceptors (Lipinski definition) is 6. The first-order chi connectivity index (χ1) is 12.6. The van der Waals surface area contributed by atoms with Crippen molar-refractivity contribution in [2.75, 3.05) is 17.7 Å². The number of nitrogen functional groups attached to an aromatic ring is 1. The first-order valence-electron chi connectivity index (χ1n) is 8.34. The molecule has 0 bridgehead atoms. The predicted octanol–water partition coefficient (Wildman–Crippen LogP) is 3.46. The number of nitrogens with zero attached hydrogens (tertiary/aromatic N) is 6. The molecule has 1 atom stereocenters. The highest BCUT2D eigenvalue weighted by atomic mass is 15.3. The van der Waals surface area contributed by atoms with Crippen molar-refractivity contribution in [2.45, 2.75) is 13.0 Å². The summed E-state index contributed by atoms with van der Waals surface area (Å²) in [7, 11) is 2.02. The Labute approximate surface area is 154 Å². The summed E-state index contributed by atoms with van der Waals surface area (Å²) < 4.78 is 1.66. The first kappa shape index (κ1) is 16.0. The second kappa shape index (κ2) is 6.44. The van der Waals surface area contributed by atoms with Crippen LogP contribution >= 0.6 is 0 Å². The van der Waals surface area contributed by atoms with Gasteiger partial charge in [0.1, 0.15) is 12.1 Å². The number of aromatic nitrogens is 5. The Morgan fingerprint density at radius 3 is 2.73 bits per heavy atom. The maximum atomic E-state index is 6.12. The molecule has 0 fully saturated rings. The lowest BCUT2D eigenvalue weighted by atomic mass is 10.1. The number of nitrogens with two attached hydrogens (primary N) is 1. The van der Waals surface area contributed by atoms with Crippen molar-refractivity contribution in [2.24, 2.45) is 0 Å². The summed E-state index contributed by atoms with van der Waals surface area (Å²) in [6, 6.07) is 14.2. The number of hydrogen-bond donors (Lipinski definition) is 1. The van der Waals surface area contributed by atoms with E-state index in [2.05, 4.69) is 44.0 Å². The zero-order valence-corrected chi connectivity index (χ0v) is 14.6. The van der Waals surface area contributed by atoms with E-state index in [0.29, 0.717) is 17.2 Å². The van der Waals surface area contributed by atoms with Crippen LogP contribution in [0, 0.1) is 0 Å². The molecule has 0 spiro atoms. The zero-order valence-electron chi connectivity index (χ0n) is 14.6. The Balaban J connectivity index is 0.00000140. The van der Waals surface area contributed by atoms with Gasteiger partial charge in [0.25, 0.3) is 0 Å². The maximum absolute atomic E-state index is 6.12. The summed E-state index contributed by atoms with van der Waals surface area (Å²) in [5.74, 6) is 1.20. The van der Waals surface area contributed by atoms with Gasteiger partial charge in [-0.15, -0.1) is 5.10 Å². The summed E-state index contributed by atoms with van der Waals surface area (Å²) in [6.45, 7) is 2.14. The van der Waals surface area contributed by atoms with Gasteiger partial charge in [-0.2, -0.15) is 0 Å². The van der Waals surface area contributed by atoms with E-state index in [1.807, 2.05) is 43.6 Å². The molecule has 134 valence electrons. The predicted molar refractivity (Wildman–Crippen MR) is 106 cm³/mol. The van der Waals surface area contributed by atoms with E-state index in [4.69, 9.17) is 5.73 Å². The van der Waals surface area contributed by atoms with E-state index in [0.717, 1.165) is 11.4 Å². The van der Waals surface area contributed by atoms with Crippen LogP contribution in [-0.4, -0.2) is 31.6 Å². The van der Waals surface area contributed by atoms with E-state index < -0.39 is 0 Å². The minimum atomic E-state index is 0. The van der Waals surface area contributed by atoms with Gasteiger partial charge in [0, 0.05) is 28.4 Å². The van der Waals surface area contributed by atoms with Crippen LogP contribution in [0.4, 0.5) is 11.6 Å². The van der Waals surface area contributed by atoms with Gasteiger partial charge in [-0.1, -0.05) is 30.3 Å². The van der Waals surface area contributed by atoms with Gasteiger partial charge in [-0.05, 0) is 18.6 Å². The minimum absolute atomic E-state index is 0. The largest absolute Gasteiger partial charge is 0.382 e. The fourth-order valence-electron chi connectivity index (χ4n) is 2.98.